The van der Waals surface area contributed by atoms with E-state index in [4.69, 9.17) is 0 Å². The van der Waals surface area contributed by atoms with Gasteiger partial charge >= 0.3 is 0 Å². The van der Waals surface area contributed by atoms with Gasteiger partial charge in [-0.3, -0.25) is 0 Å². The molecule has 0 fully saturated rings. The van der Waals surface area contributed by atoms with Crippen molar-refractivity contribution in [3.05, 3.63) is 147 Å². The topological polar surface area (TPSA) is 3.24 Å². The van der Waals surface area contributed by atoms with E-state index in [0.717, 1.165) is 20.3 Å². The number of fused-ring (bicyclic) bond motifs is 3. The Bertz CT molecular complexity index is 2030. The molecule has 0 unspecified atom stereocenters. The van der Waals surface area contributed by atoms with E-state index in [9.17, 15) is 0 Å². The molecule has 0 atom stereocenters. The van der Waals surface area contributed by atoms with Crippen molar-refractivity contribution in [1.29, 1.82) is 0 Å². The second-order valence-electron chi connectivity index (χ2n) is 10.7. The van der Waals surface area contributed by atoms with E-state index in [1.54, 1.807) is 0 Å². The summed E-state index contributed by atoms with van der Waals surface area (Å²) in [7, 11) is 0. The van der Waals surface area contributed by atoms with Gasteiger partial charge in [0.15, 0.2) is 0 Å². The summed E-state index contributed by atoms with van der Waals surface area (Å²) in [5, 5.41) is 7.47. The zero-order chi connectivity index (χ0) is 28.1. The normalized spacial score (nSPS) is 11.4. The molecule has 7 aromatic carbocycles. The zero-order valence-corrected chi connectivity index (χ0v) is 26.0. The molecular formula is C38H27Br2N. The molecule has 0 aliphatic rings. The molecule has 41 heavy (non-hydrogen) atoms. The highest BCUT2D eigenvalue weighted by Gasteiger charge is 2.22. The van der Waals surface area contributed by atoms with Crippen molar-refractivity contribution in [3.8, 4) is 11.1 Å². The Labute approximate surface area is 257 Å². The number of hydrogen-bond acceptors (Lipinski definition) is 1. The van der Waals surface area contributed by atoms with Gasteiger partial charge in [0.05, 0.1) is 5.69 Å². The number of halogens is 2. The molecule has 7 rings (SSSR count). The van der Waals surface area contributed by atoms with Gasteiger partial charge in [-0.2, -0.15) is 0 Å². The number of benzene rings is 7. The summed E-state index contributed by atoms with van der Waals surface area (Å²) in [6.45, 7) is 4.37. The number of nitrogens with zero attached hydrogens (tertiary/aromatic N) is 1. The van der Waals surface area contributed by atoms with Crippen LogP contribution in [-0.4, -0.2) is 0 Å². The van der Waals surface area contributed by atoms with Crippen molar-refractivity contribution in [2.45, 2.75) is 13.8 Å². The summed E-state index contributed by atoms with van der Waals surface area (Å²) in [6.07, 6.45) is 0. The van der Waals surface area contributed by atoms with E-state index in [1.807, 2.05) is 0 Å². The second-order valence-corrected chi connectivity index (χ2v) is 12.5. The Kier molecular flexibility index (Phi) is 6.65. The predicted molar refractivity (Wildman–Crippen MR) is 184 cm³/mol. The standard InChI is InChI=1S/C38H27Br2N/c1-24-8-20-34-35(21-24)37(28-10-9-26-5-3-4-6-27(26)23-28)33-19-7-25(2)22-36(33)38(34)41(31-15-11-29(39)12-16-31)32-17-13-30(40)14-18-32/h3-23H,1-2H3. The molecule has 0 spiro atoms. The van der Waals surface area contributed by atoms with Crippen LogP contribution < -0.4 is 4.90 Å². The maximum absolute atomic E-state index is 3.64. The van der Waals surface area contributed by atoms with Gasteiger partial charge in [0.1, 0.15) is 0 Å². The monoisotopic (exact) mass is 655 g/mol. The van der Waals surface area contributed by atoms with Gasteiger partial charge in [-0.1, -0.05) is 110 Å². The molecule has 7 aromatic rings. The van der Waals surface area contributed by atoms with Crippen molar-refractivity contribution in [2.24, 2.45) is 0 Å². The lowest BCUT2D eigenvalue weighted by Gasteiger charge is -2.30. The summed E-state index contributed by atoms with van der Waals surface area (Å²) < 4.78 is 2.12. The molecular weight excluding hydrogens is 630 g/mol. The fourth-order valence-electron chi connectivity index (χ4n) is 5.92. The van der Waals surface area contributed by atoms with Crippen LogP contribution >= 0.6 is 31.9 Å². The first-order valence-corrected chi connectivity index (χ1v) is 15.3. The molecule has 0 saturated carbocycles. The predicted octanol–water partition coefficient (Wildman–Crippen LogP) is 12.4. The maximum Gasteiger partial charge on any atom is 0.0618 e. The average molecular weight is 657 g/mol. The van der Waals surface area contributed by atoms with Crippen molar-refractivity contribution in [2.75, 3.05) is 4.90 Å². The lowest BCUT2D eigenvalue weighted by molar-refractivity contribution is 1.30. The van der Waals surface area contributed by atoms with E-state index in [0.29, 0.717) is 0 Å². The first-order valence-electron chi connectivity index (χ1n) is 13.7. The van der Waals surface area contributed by atoms with E-state index < -0.39 is 0 Å². The SMILES string of the molecule is Cc1ccc2c(N(c3ccc(Br)cc3)c3ccc(Br)cc3)c3cc(C)ccc3c(-c3ccc4ccccc4c3)c2c1. The molecule has 0 aliphatic heterocycles. The molecule has 3 heteroatoms. The summed E-state index contributed by atoms with van der Waals surface area (Å²) in [5.41, 5.74) is 8.40. The Morgan fingerprint density at radius 3 is 1.66 bits per heavy atom. The van der Waals surface area contributed by atoms with Crippen LogP contribution in [0, 0.1) is 13.8 Å². The minimum Gasteiger partial charge on any atom is -0.309 e. The Balaban J connectivity index is 1.63. The number of rotatable bonds is 4. The molecule has 0 amide bonds. The minimum atomic E-state index is 1.06. The molecule has 0 N–H and O–H groups in total. The van der Waals surface area contributed by atoms with Gasteiger partial charge in [-0.15, -0.1) is 0 Å². The van der Waals surface area contributed by atoms with Gasteiger partial charge < -0.3 is 4.90 Å². The van der Waals surface area contributed by atoms with Crippen molar-refractivity contribution in [3.63, 3.8) is 0 Å². The number of anilines is 3. The van der Waals surface area contributed by atoms with Gasteiger partial charge in [0.25, 0.3) is 0 Å². The lowest BCUT2D eigenvalue weighted by atomic mass is 9.88. The fourth-order valence-corrected chi connectivity index (χ4v) is 6.45. The van der Waals surface area contributed by atoms with Crippen LogP contribution in [-0.2, 0) is 0 Å². The number of aryl methyl sites for hydroxylation is 2. The van der Waals surface area contributed by atoms with Crippen molar-refractivity contribution >= 4 is 81.2 Å². The Hall–Kier alpha value is -3.92. The molecule has 1 nitrogen and oxygen atoms in total. The third-order valence-electron chi connectivity index (χ3n) is 7.83. The van der Waals surface area contributed by atoms with Crippen LogP contribution in [0.15, 0.2) is 136 Å². The maximum atomic E-state index is 3.64. The molecule has 0 aromatic heterocycles. The van der Waals surface area contributed by atoms with Crippen LogP contribution in [0.5, 0.6) is 0 Å². The zero-order valence-electron chi connectivity index (χ0n) is 22.8. The highest BCUT2D eigenvalue weighted by molar-refractivity contribution is 9.10. The largest absolute Gasteiger partial charge is 0.309 e. The van der Waals surface area contributed by atoms with Crippen molar-refractivity contribution in [1.82, 2.24) is 0 Å². The number of hydrogen-bond donors (Lipinski definition) is 0. The smallest absolute Gasteiger partial charge is 0.0618 e. The van der Waals surface area contributed by atoms with Crippen LogP contribution in [0.1, 0.15) is 11.1 Å². The van der Waals surface area contributed by atoms with Crippen LogP contribution in [0.3, 0.4) is 0 Å². The third kappa shape index (κ3) is 4.73. The highest BCUT2D eigenvalue weighted by Crippen LogP contribution is 2.49. The average Bonchev–Trinajstić information content (AvgIpc) is 2.98. The van der Waals surface area contributed by atoms with Crippen LogP contribution in [0.2, 0.25) is 0 Å². The minimum absolute atomic E-state index is 1.06. The quantitative estimate of drug-likeness (QED) is 0.170. The van der Waals surface area contributed by atoms with E-state index >= 15 is 0 Å². The van der Waals surface area contributed by atoms with Gasteiger partial charge in [-0.05, 0) is 107 Å². The lowest BCUT2D eigenvalue weighted by Crippen LogP contribution is -2.11. The van der Waals surface area contributed by atoms with Gasteiger partial charge in [0, 0.05) is 31.1 Å². The summed E-state index contributed by atoms with van der Waals surface area (Å²) >= 11 is 7.28. The van der Waals surface area contributed by atoms with Gasteiger partial charge in [-0.25, -0.2) is 0 Å². The summed E-state index contributed by atoms with van der Waals surface area (Å²) in [4.78, 5) is 2.41. The van der Waals surface area contributed by atoms with E-state index in [-0.39, 0.29) is 0 Å². The molecule has 198 valence electrons. The van der Waals surface area contributed by atoms with Crippen LogP contribution in [0.4, 0.5) is 17.1 Å². The van der Waals surface area contributed by atoms with E-state index in [1.165, 1.54) is 60.3 Å². The molecule has 0 saturated heterocycles. The van der Waals surface area contributed by atoms with E-state index in [2.05, 4.69) is 178 Å². The molecule has 0 aliphatic carbocycles. The first kappa shape index (κ1) is 26.0. The summed E-state index contributed by atoms with van der Waals surface area (Å²) in [6, 6.07) is 46.5. The van der Waals surface area contributed by atoms with Gasteiger partial charge in [0.2, 0.25) is 0 Å². The van der Waals surface area contributed by atoms with Crippen LogP contribution in [0.25, 0.3) is 43.4 Å². The fraction of sp³-hybridized carbons (Fsp3) is 0.0526. The highest BCUT2D eigenvalue weighted by atomic mass is 79.9. The first-order chi connectivity index (χ1) is 20.0. The second kappa shape index (κ2) is 10.5. The third-order valence-corrected chi connectivity index (χ3v) is 8.89. The summed E-state index contributed by atoms with van der Waals surface area (Å²) in [5.74, 6) is 0. The molecule has 0 radical (unpaired) electrons. The Morgan fingerprint density at radius 2 is 1.02 bits per heavy atom. The Morgan fingerprint density at radius 1 is 0.463 bits per heavy atom. The molecule has 0 bridgehead atoms. The molecule has 0 heterocycles. The van der Waals surface area contributed by atoms with Crippen molar-refractivity contribution < 1.29 is 0 Å².